The van der Waals surface area contributed by atoms with E-state index in [0.717, 1.165) is 35.7 Å². The molecule has 152 valence electrons. The normalized spacial score (nSPS) is 16.7. The number of thiazole rings is 1. The van der Waals surface area contributed by atoms with Crippen molar-refractivity contribution in [2.24, 2.45) is 0 Å². The Bertz CT molecular complexity index is 1120. The number of para-hydroxylation sites is 2. The third-order valence-corrected chi connectivity index (χ3v) is 6.56. The van der Waals surface area contributed by atoms with Gasteiger partial charge in [-0.15, -0.1) is 11.3 Å². The van der Waals surface area contributed by atoms with E-state index in [4.69, 9.17) is 14.1 Å². The van der Waals surface area contributed by atoms with E-state index in [0.29, 0.717) is 24.7 Å². The highest BCUT2D eigenvalue weighted by Crippen LogP contribution is 2.33. The zero-order valence-corrected chi connectivity index (χ0v) is 17.3. The van der Waals surface area contributed by atoms with E-state index < -0.39 is 0 Å². The Morgan fingerprint density at radius 3 is 2.80 bits per heavy atom. The number of nitrogens with zero attached hydrogens (tertiary/aromatic N) is 2. The number of carbonyl (C=O) groups is 1. The SMILES string of the molecule is O=C(c1ccc(COc2ccccc2)o1)N1CCC[C@H](c2nc3ccccc3s2)C1. The molecule has 0 aliphatic carbocycles. The number of fused-ring (bicyclic) bond motifs is 1. The van der Waals surface area contributed by atoms with Gasteiger partial charge in [0.05, 0.1) is 15.2 Å². The molecular weight excluding hydrogens is 396 g/mol. The lowest BCUT2D eigenvalue weighted by molar-refractivity contribution is 0.0671. The first-order chi connectivity index (χ1) is 14.8. The number of carbonyl (C=O) groups excluding carboxylic acids is 1. The van der Waals surface area contributed by atoms with Gasteiger partial charge in [0.1, 0.15) is 18.1 Å². The number of ether oxygens (including phenoxy) is 1. The van der Waals surface area contributed by atoms with Crippen LogP contribution >= 0.6 is 11.3 Å². The summed E-state index contributed by atoms with van der Waals surface area (Å²) in [4.78, 5) is 19.7. The molecule has 30 heavy (non-hydrogen) atoms. The second-order valence-corrected chi connectivity index (χ2v) is 8.54. The van der Waals surface area contributed by atoms with Crippen molar-refractivity contribution in [2.45, 2.75) is 25.4 Å². The van der Waals surface area contributed by atoms with Crippen LogP contribution in [0.4, 0.5) is 0 Å². The molecule has 0 radical (unpaired) electrons. The van der Waals surface area contributed by atoms with E-state index in [9.17, 15) is 4.79 Å². The fraction of sp³-hybridized carbons (Fsp3) is 0.250. The molecule has 0 N–H and O–H groups in total. The number of piperidine rings is 1. The van der Waals surface area contributed by atoms with Crippen LogP contribution in [0.5, 0.6) is 5.75 Å². The number of benzene rings is 2. The Morgan fingerprint density at radius 2 is 1.93 bits per heavy atom. The largest absolute Gasteiger partial charge is 0.486 e. The smallest absolute Gasteiger partial charge is 0.289 e. The summed E-state index contributed by atoms with van der Waals surface area (Å²) >= 11 is 1.73. The van der Waals surface area contributed by atoms with E-state index >= 15 is 0 Å². The van der Waals surface area contributed by atoms with Crippen LogP contribution in [0.1, 0.15) is 40.1 Å². The van der Waals surface area contributed by atoms with Crippen molar-refractivity contribution < 1.29 is 13.9 Å². The number of amides is 1. The van der Waals surface area contributed by atoms with Gasteiger partial charge in [0.25, 0.3) is 5.91 Å². The van der Waals surface area contributed by atoms with Gasteiger partial charge in [-0.1, -0.05) is 30.3 Å². The molecule has 0 spiro atoms. The number of hydrogen-bond donors (Lipinski definition) is 0. The molecule has 1 fully saturated rings. The molecule has 1 aliphatic rings. The van der Waals surface area contributed by atoms with Crippen LogP contribution in [-0.4, -0.2) is 28.9 Å². The minimum absolute atomic E-state index is 0.0632. The summed E-state index contributed by atoms with van der Waals surface area (Å²) in [7, 11) is 0. The predicted octanol–water partition coefficient (Wildman–Crippen LogP) is 5.49. The van der Waals surface area contributed by atoms with Crippen LogP contribution in [-0.2, 0) is 6.61 Å². The van der Waals surface area contributed by atoms with Gasteiger partial charge in [-0.25, -0.2) is 4.98 Å². The maximum Gasteiger partial charge on any atom is 0.289 e. The van der Waals surface area contributed by atoms with Gasteiger partial charge in [-0.05, 0) is 49.2 Å². The quantitative estimate of drug-likeness (QED) is 0.430. The Balaban J connectivity index is 1.25. The maximum atomic E-state index is 13.0. The average Bonchev–Trinajstić information content (AvgIpc) is 3.45. The van der Waals surface area contributed by atoms with E-state index in [2.05, 4.69) is 6.07 Å². The Hall–Kier alpha value is -3.12. The monoisotopic (exact) mass is 418 g/mol. The fourth-order valence-electron chi connectivity index (χ4n) is 3.83. The summed E-state index contributed by atoms with van der Waals surface area (Å²) in [6.07, 6.45) is 2.02. The second kappa shape index (κ2) is 8.32. The Labute approximate surface area is 178 Å². The summed E-state index contributed by atoms with van der Waals surface area (Å²) < 4.78 is 12.7. The number of furan rings is 1. The van der Waals surface area contributed by atoms with Gasteiger partial charge in [0.15, 0.2) is 5.76 Å². The molecular formula is C24H22N2O3S. The molecule has 2 aromatic carbocycles. The van der Waals surface area contributed by atoms with Crippen molar-refractivity contribution in [1.82, 2.24) is 9.88 Å². The van der Waals surface area contributed by atoms with Crippen molar-refractivity contribution in [3.8, 4) is 5.75 Å². The number of rotatable bonds is 5. The zero-order valence-electron chi connectivity index (χ0n) is 16.5. The lowest BCUT2D eigenvalue weighted by Crippen LogP contribution is -2.38. The predicted molar refractivity (Wildman–Crippen MR) is 117 cm³/mol. The maximum absolute atomic E-state index is 13.0. The van der Waals surface area contributed by atoms with Crippen molar-refractivity contribution in [3.63, 3.8) is 0 Å². The van der Waals surface area contributed by atoms with Crippen molar-refractivity contribution >= 4 is 27.5 Å². The molecule has 6 heteroatoms. The van der Waals surface area contributed by atoms with Crippen LogP contribution in [0.2, 0.25) is 0 Å². The van der Waals surface area contributed by atoms with Gasteiger partial charge in [-0.2, -0.15) is 0 Å². The molecule has 1 saturated heterocycles. The minimum atomic E-state index is -0.0632. The van der Waals surface area contributed by atoms with E-state index in [1.165, 1.54) is 4.70 Å². The molecule has 0 unspecified atom stereocenters. The van der Waals surface area contributed by atoms with E-state index in [1.807, 2.05) is 59.5 Å². The standard InChI is InChI=1S/C24H22N2O3S/c27-24(21-13-12-19(29-21)16-28-18-8-2-1-3-9-18)26-14-6-7-17(15-26)23-25-20-10-4-5-11-22(20)30-23/h1-5,8-13,17H,6-7,14-16H2/t17-/m0/s1. The van der Waals surface area contributed by atoms with Gasteiger partial charge in [0, 0.05) is 19.0 Å². The third kappa shape index (κ3) is 3.96. The molecule has 2 aromatic heterocycles. The summed E-state index contributed by atoms with van der Waals surface area (Å²) in [5.41, 5.74) is 1.04. The first-order valence-corrected chi connectivity index (χ1v) is 11.0. The molecule has 5 nitrogen and oxygen atoms in total. The first-order valence-electron chi connectivity index (χ1n) is 10.2. The van der Waals surface area contributed by atoms with Crippen LogP contribution in [0.15, 0.2) is 71.1 Å². The number of hydrogen-bond acceptors (Lipinski definition) is 5. The fourth-order valence-corrected chi connectivity index (χ4v) is 4.92. The van der Waals surface area contributed by atoms with Gasteiger partial charge < -0.3 is 14.1 Å². The Morgan fingerprint density at radius 1 is 1.10 bits per heavy atom. The van der Waals surface area contributed by atoms with Crippen LogP contribution < -0.4 is 4.74 Å². The topological polar surface area (TPSA) is 55.6 Å². The van der Waals surface area contributed by atoms with Gasteiger partial charge >= 0.3 is 0 Å². The summed E-state index contributed by atoms with van der Waals surface area (Å²) in [5, 5.41) is 1.12. The highest BCUT2D eigenvalue weighted by molar-refractivity contribution is 7.18. The average molecular weight is 419 g/mol. The molecule has 0 saturated carbocycles. The third-order valence-electron chi connectivity index (χ3n) is 5.37. The lowest BCUT2D eigenvalue weighted by Gasteiger charge is -2.31. The lowest BCUT2D eigenvalue weighted by atomic mass is 9.98. The molecule has 1 aliphatic heterocycles. The van der Waals surface area contributed by atoms with Crippen molar-refractivity contribution in [1.29, 1.82) is 0 Å². The first kappa shape index (κ1) is 18.9. The molecule has 5 rings (SSSR count). The van der Waals surface area contributed by atoms with Crippen LogP contribution in [0, 0.1) is 0 Å². The number of likely N-dealkylation sites (tertiary alicyclic amines) is 1. The summed E-state index contributed by atoms with van der Waals surface area (Å²) in [6, 6.07) is 21.3. The summed E-state index contributed by atoms with van der Waals surface area (Å²) in [5.74, 6) is 1.99. The molecule has 1 atom stereocenters. The molecule has 4 aromatic rings. The minimum Gasteiger partial charge on any atom is -0.486 e. The zero-order chi connectivity index (χ0) is 20.3. The van der Waals surface area contributed by atoms with Gasteiger partial charge in [0.2, 0.25) is 0 Å². The summed E-state index contributed by atoms with van der Waals surface area (Å²) in [6.45, 7) is 1.72. The van der Waals surface area contributed by atoms with Crippen molar-refractivity contribution in [2.75, 3.05) is 13.1 Å². The van der Waals surface area contributed by atoms with Crippen LogP contribution in [0.3, 0.4) is 0 Å². The molecule has 1 amide bonds. The van der Waals surface area contributed by atoms with Gasteiger partial charge in [-0.3, -0.25) is 4.79 Å². The van der Waals surface area contributed by atoms with E-state index in [1.54, 1.807) is 17.4 Å². The van der Waals surface area contributed by atoms with Crippen LogP contribution in [0.25, 0.3) is 10.2 Å². The molecule has 0 bridgehead atoms. The highest BCUT2D eigenvalue weighted by atomic mass is 32.1. The highest BCUT2D eigenvalue weighted by Gasteiger charge is 2.29. The van der Waals surface area contributed by atoms with Crippen molar-refractivity contribution in [3.05, 3.63) is 83.3 Å². The second-order valence-electron chi connectivity index (χ2n) is 7.48. The Kier molecular flexibility index (Phi) is 5.24. The van der Waals surface area contributed by atoms with E-state index in [-0.39, 0.29) is 11.8 Å². The molecule has 3 heterocycles. The number of aromatic nitrogens is 1.